The first-order valence-electron chi connectivity index (χ1n) is 11.4. The molecular weight excluding hydrogens is 400 g/mol. The first kappa shape index (κ1) is 22.6. The van der Waals surface area contributed by atoms with Gasteiger partial charge in [0.15, 0.2) is 5.79 Å². The third kappa shape index (κ3) is 5.78. The van der Waals surface area contributed by atoms with Gasteiger partial charge >= 0.3 is 0 Å². The van der Waals surface area contributed by atoms with Crippen molar-refractivity contribution in [1.29, 1.82) is 0 Å². The molecule has 1 aliphatic heterocycles. The summed E-state index contributed by atoms with van der Waals surface area (Å²) in [7, 11) is 0. The Hall–Kier alpha value is -2.63. The standard InChI is InChI=1S/C27H34N2O3/c1-21-5-11-24(12-6-21)30-17-25-18-31-27(32-25,19-29-16-15-28-20-29)14-13-22-7-9-23(10-8-22)26(2,3)4/h5-12,15-16,20,25H,13-14,17-19H2,1-4H3. The maximum atomic E-state index is 6.47. The molecular formula is C27H34N2O3. The van der Waals surface area contributed by atoms with Crippen LogP contribution < -0.4 is 4.74 Å². The molecule has 4 rings (SSSR count). The summed E-state index contributed by atoms with van der Waals surface area (Å²) < 4.78 is 20.7. The van der Waals surface area contributed by atoms with E-state index in [1.165, 1.54) is 16.7 Å². The van der Waals surface area contributed by atoms with Crippen molar-refractivity contribution >= 4 is 0 Å². The van der Waals surface area contributed by atoms with Crippen molar-refractivity contribution in [2.75, 3.05) is 13.2 Å². The van der Waals surface area contributed by atoms with Crippen LogP contribution in [0.15, 0.2) is 67.3 Å². The Labute approximate surface area is 191 Å². The SMILES string of the molecule is Cc1ccc(OCC2COC(CCc3ccc(C(C)(C)C)cc3)(Cn3ccnc3)O2)cc1. The lowest BCUT2D eigenvalue weighted by Gasteiger charge is -2.29. The highest BCUT2D eigenvalue weighted by atomic mass is 16.8. The van der Waals surface area contributed by atoms with E-state index in [1.807, 2.05) is 29.2 Å². The van der Waals surface area contributed by atoms with Gasteiger partial charge in [0.2, 0.25) is 0 Å². The fraction of sp³-hybridized carbons (Fsp3) is 0.444. The predicted molar refractivity (Wildman–Crippen MR) is 126 cm³/mol. The second-order valence-electron chi connectivity index (χ2n) is 9.77. The van der Waals surface area contributed by atoms with Crippen LogP contribution in [-0.2, 0) is 27.9 Å². The van der Waals surface area contributed by atoms with Crippen LogP contribution in [0.5, 0.6) is 5.75 Å². The van der Waals surface area contributed by atoms with Crippen LogP contribution in [0.4, 0.5) is 0 Å². The molecule has 1 aliphatic rings. The highest BCUT2D eigenvalue weighted by Crippen LogP contribution is 2.32. The molecule has 170 valence electrons. The Morgan fingerprint density at radius 2 is 1.84 bits per heavy atom. The molecule has 3 aromatic rings. The van der Waals surface area contributed by atoms with Gasteiger partial charge in [-0.15, -0.1) is 0 Å². The molecule has 2 aromatic carbocycles. The van der Waals surface area contributed by atoms with Gasteiger partial charge in [0.1, 0.15) is 18.5 Å². The van der Waals surface area contributed by atoms with Crippen LogP contribution in [0.1, 0.15) is 43.9 Å². The molecule has 2 atom stereocenters. The number of ether oxygens (including phenoxy) is 3. The Balaban J connectivity index is 1.40. The van der Waals surface area contributed by atoms with Crippen molar-refractivity contribution in [2.24, 2.45) is 0 Å². The fourth-order valence-corrected chi connectivity index (χ4v) is 3.98. The summed E-state index contributed by atoms with van der Waals surface area (Å²) >= 11 is 0. The number of hydrogen-bond acceptors (Lipinski definition) is 4. The van der Waals surface area contributed by atoms with Gasteiger partial charge in [-0.2, -0.15) is 0 Å². The number of rotatable bonds is 8. The van der Waals surface area contributed by atoms with Crippen molar-refractivity contribution < 1.29 is 14.2 Å². The van der Waals surface area contributed by atoms with Crippen LogP contribution in [0.2, 0.25) is 0 Å². The van der Waals surface area contributed by atoms with Crippen molar-refractivity contribution in [3.63, 3.8) is 0 Å². The Kier molecular flexibility index (Phi) is 6.68. The molecule has 1 aromatic heterocycles. The number of hydrogen-bond donors (Lipinski definition) is 0. The van der Waals surface area contributed by atoms with Crippen molar-refractivity contribution in [2.45, 2.75) is 64.4 Å². The largest absolute Gasteiger partial charge is 0.491 e. The van der Waals surface area contributed by atoms with E-state index >= 15 is 0 Å². The van der Waals surface area contributed by atoms with E-state index in [9.17, 15) is 0 Å². The molecule has 2 heterocycles. The van der Waals surface area contributed by atoms with Crippen molar-refractivity contribution in [3.05, 3.63) is 83.9 Å². The molecule has 2 unspecified atom stereocenters. The number of benzene rings is 2. The molecule has 0 spiro atoms. The third-order valence-corrected chi connectivity index (χ3v) is 5.97. The summed E-state index contributed by atoms with van der Waals surface area (Å²) in [5.41, 5.74) is 4.00. The third-order valence-electron chi connectivity index (χ3n) is 5.97. The summed E-state index contributed by atoms with van der Waals surface area (Å²) in [5.74, 6) is 0.162. The van der Waals surface area contributed by atoms with Gasteiger partial charge in [-0.1, -0.05) is 62.7 Å². The van der Waals surface area contributed by atoms with Crippen LogP contribution in [0, 0.1) is 6.92 Å². The summed E-state index contributed by atoms with van der Waals surface area (Å²) in [5, 5.41) is 0. The van der Waals surface area contributed by atoms with E-state index in [0.717, 1.165) is 18.6 Å². The maximum Gasteiger partial charge on any atom is 0.187 e. The zero-order valence-corrected chi connectivity index (χ0v) is 19.6. The summed E-state index contributed by atoms with van der Waals surface area (Å²) in [6, 6.07) is 17.0. The monoisotopic (exact) mass is 434 g/mol. The van der Waals surface area contributed by atoms with E-state index in [4.69, 9.17) is 14.2 Å². The van der Waals surface area contributed by atoms with Gasteiger partial charge in [-0.25, -0.2) is 4.98 Å². The highest BCUT2D eigenvalue weighted by molar-refractivity contribution is 5.28. The minimum Gasteiger partial charge on any atom is -0.491 e. The molecule has 0 radical (unpaired) electrons. The maximum absolute atomic E-state index is 6.47. The smallest absolute Gasteiger partial charge is 0.187 e. The van der Waals surface area contributed by atoms with E-state index in [2.05, 4.69) is 69.1 Å². The molecule has 5 heteroatoms. The second-order valence-corrected chi connectivity index (χ2v) is 9.77. The number of aromatic nitrogens is 2. The molecule has 0 aliphatic carbocycles. The van der Waals surface area contributed by atoms with Gasteiger partial charge < -0.3 is 18.8 Å². The Morgan fingerprint density at radius 3 is 2.50 bits per heavy atom. The van der Waals surface area contributed by atoms with Crippen molar-refractivity contribution in [3.8, 4) is 5.75 Å². The molecule has 0 N–H and O–H groups in total. The van der Waals surface area contributed by atoms with Crippen molar-refractivity contribution in [1.82, 2.24) is 9.55 Å². The Bertz CT molecular complexity index is 975. The predicted octanol–water partition coefficient (Wildman–Crippen LogP) is 5.31. The minimum atomic E-state index is -0.690. The van der Waals surface area contributed by atoms with Gasteiger partial charge in [-0.05, 0) is 42.0 Å². The molecule has 1 saturated heterocycles. The second kappa shape index (κ2) is 9.47. The zero-order chi connectivity index (χ0) is 22.6. The molecule has 0 bridgehead atoms. The topological polar surface area (TPSA) is 45.5 Å². The lowest BCUT2D eigenvalue weighted by atomic mass is 9.86. The number of nitrogens with zero attached hydrogens (tertiary/aromatic N) is 2. The van der Waals surface area contributed by atoms with E-state index in [0.29, 0.717) is 19.8 Å². The molecule has 5 nitrogen and oxygen atoms in total. The van der Waals surface area contributed by atoms with Crippen LogP contribution in [0.3, 0.4) is 0 Å². The van der Waals surface area contributed by atoms with Crippen LogP contribution in [-0.4, -0.2) is 34.7 Å². The fourth-order valence-electron chi connectivity index (χ4n) is 3.98. The van der Waals surface area contributed by atoms with Crippen LogP contribution >= 0.6 is 0 Å². The lowest BCUT2D eigenvalue weighted by molar-refractivity contribution is -0.184. The highest BCUT2D eigenvalue weighted by Gasteiger charge is 2.42. The summed E-state index contributed by atoms with van der Waals surface area (Å²) in [6.07, 6.45) is 7.08. The lowest BCUT2D eigenvalue weighted by Crippen LogP contribution is -2.37. The summed E-state index contributed by atoms with van der Waals surface area (Å²) in [4.78, 5) is 4.18. The van der Waals surface area contributed by atoms with E-state index in [-0.39, 0.29) is 11.5 Å². The molecule has 0 saturated carbocycles. The number of imidazole rings is 1. The normalized spacial score (nSPS) is 21.1. The van der Waals surface area contributed by atoms with Crippen LogP contribution in [0.25, 0.3) is 0 Å². The van der Waals surface area contributed by atoms with E-state index < -0.39 is 5.79 Å². The Morgan fingerprint density at radius 1 is 1.09 bits per heavy atom. The molecule has 32 heavy (non-hydrogen) atoms. The quantitative estimate of drug-likeness (QED) is 0.482. The van der Waals surface area contributed by atoms with Gasteiger partial charge in [-0.3, -0.25) is 0 Å². The average Bonchev–Trinajstić information content (AvgIpc) is 3.42. The number of aryl methyl sites for hydroxylation is 2. The van der Waals surface area contributed by atoms with Gasteiger partial charge in [0, 0.05) is 18.8 Å². The zero-order valence-electron chi connectivity index (χ0n) is 19.6. The first-order chi connectivity index (χ1) is 15.3. The van der Waals surface area contributed by atoms with E-state index in [1.54, 1.807) is 6.20 Å². The summed E-state index contributed by atoms with van der Waals surface area (Å²) in [6.45, 7) is 10.4. The van der Waals surface area contributed by atoms with Gasteiger partial charge in [0.25, 0.3) is 0 Å². The average molecular weight is 435 g/mol. The first-order valence-corrected chi connectivity index (χ1v) is 11.4. The molecule has 0 amide bonds. The van der Waals surface area contributed by atoms with Gasteiger partial charge in [0.05, 0.1) is 19.5 Å². The minimum absolute atomic E-state index is 0.108. The molecule has 1 fully saturated rings.